The first-order valence-corrected chi connectivity index (χ1v) is 12.6. The topological polar surface area (TPSA) is 105 Å². The zero-order chi connectivity index (χ0) is 24.8. The predicted octanol–water partition coefficient (Wildman–Crippen LogP) is 4.84. The van der Waals surface area contributed by atoms with Gasteiger partial charge in [0.25, 0.3) is 0 Å². The van der Waals surface area contributed by atoms with E-state index in [1.807, 2.05) is 31.2 Å². The minimum absolute atomic E-state index is 0.0410. The Balaban J connectivity index is 1.34. The molecule has 2 aliphatic carbocycles. The van der Waals surface area contributed by atoms with Gasteiger partial charge < -0.3 is 20.5 Å². The van der Waals surface area contributed by atoms with E-state index >= 15 is 0 Å². The van der Waals surface area contributed by atoms with Crippen LogP contribution in [0.5, 0.6) is 0 Å². The molecule has 3 N–H and O–H groups in total. The fraction of sp³-hybridized carbons (Fsp3) is 0.464. The van der Waals surface area contributed by atoms with Crippen molar-refractivity contribution in [1.29, 1.82) is 0 Å². The number of benzene rings is 2. The summed E-state index contributed by atoms with van der Waals surface area (Å²) >= 11 is 0. The van der Waals surface area contributed by atoms with Crippen LogP contribution in [0.4, 0.5) is 4.79 Å². The number of ether oxygens (including phenoxy) is 1. The molecule has 2 aromatic carbocycles. The van der Waals surface area contributed by atoms with Crippen LogP contribution in [0.3, 0.4) is 0 Å². The highest BCUT2D eigenvalue weighted by molar-refractivity contribution is 5.86. The number of carboxylic acids is 1. The standard InChI is InChI=1S/C28H34N2O5/c1-2-3-12-25(27(33)29-19-14-13-18(15-19)16-26(31)32)30-28(34)35-17-24-22-10-6-4-8-20(22)21-9-5-7-11-23(21)24/h4-11,18-19,24-25H,2-3,12-17H2,1H3,(H,29,33)(H,30,34)(H,31,32)/t18-,19+,25-/m0/s1. The van der Waals surface area contributed by atoms with Crippen molar-refractivity contribution in [2.75, 3.05) is 6.61 Å². The molecule has 0 saturated heterocycles. The molecule has 0 bridgehead atoms. The Hall–Kier alpha value is -3.35. The average Bonchev–Trinajstić information content (AvgIpc) is 3.41. The van der Waals surface area contributed by atoms with Crippen molar-refractivity contribution < 1.29 is 24.2 Å². The molecule has 7 heteroatoms. The van der Waals surface area contributed by atoms with Crippen molar-refractivity contribution in [1.82, 2.24) is 10.6 Å². The highest BCUT2D eigenvalue weighted by atomic mass is 16.5. The molecule has 0 aliphatic heterocycles. The lowest BCUT2D eigenvalue weighted by atomic mass is 9.98. The highest BCUT2D eigenvalue weighted by Crippen LogP contribution is 2.44. The molecule has 0 heterocycles. The maximum absolute atomic E-state index is 13.0. The molecular formula is C28H34N2O5. The molecule has 3 atom stereocenters. The summed E-state index contributed by atoms with van der Waals surface area (Å²) < 4.78 is 5.64. The van der Waals surface area contributed by atoms with E-state index in [9.17, 15) is 14.4 Å². The number of amides is 2. The van der Waals surface area contributed by atoms with E-state index in [0.29, 0.717) is 12.8 Å². The number of carbonyl (C=O) groups is 3. The third-order valence-electron chi connectivity index (χ3n) is 7.15. The molecule has 2 amide bonds. The predicted molar refractivity (Wildman–Crippen MR) is 133 cm³/mol. The summed E-state index contributed by atoms with van der Waals surface area (Å²) in [6, 6.07) is 15.6. The molecular weight excluding hydrogens is 444 g/mol. The van der Waals surface area contributed by atoms with Crippen LogP contribution in [0.1, 0.15) is 68.9 Å². The van der Waals surface area contributed by atoms with Crippen LogP contribution in [0.15, 0.2) is 48.5 Å². The first-order chi connectivity index (χ1) is 17.0. The van der Waals surface area contributed by atoms with Crippen LogP contribution in [0.2, 0.25) is 0 Å². The second kappa shape index (κ2) is 11.4. The van der Waals surface area contributed by atoms with E-state index < -0.39 is 18.1 Å². The summed E-state index contributed by atoms with van der Waals surface area (Å²) in [5.41, 5.74) is 4.60. The average molecular weight is 479 g/mol. The van der Waals surface area contributed by atoms with Crippen LogP contribution in [-0.4, -0.2) is 41.8 Å². The van der Waals surface area contributed by atoms with Crippen molar-refractivity contribution in [3.63, 3.8) is 0 Å². The molecule has 4 rings (SSSR count). The number of rotatable bonds is 10. The van der Waals surface area contributed by atoms with Gasteiger partial charge in [-0.25, -0.2) is 4.79 Å². The van der Waals surface area contributed by atoms with Gasteiger partial charge in [-0.15, -0.1) is 0 Å². The van der Waals surface area contributed by atoms with Gasteiger partial charge in [0.1, 0.15) is 12.6 Å². The second-order valence-corrected chi connectivity index (χ2v) is 9.65. The number of hydrogen-bond donors (Lipinski definition) is 3. The Morgan fingerprint density at radius 1 is 1.03 bits per heavy atom. The molecule has 0 spiro atoms. The summed E-state index contributed by atoms with van der Waals surface area (Å²) in [7, 11) is 0. The smallest absolute Gasteiger partial charge is 0.407 e. The van der Waals surface area contributed by atoms with Gasteiger partial charge >= 0.3 is 12.1 Å². The van der Waals surface area contributed by atoms with Gasteiger partial charge in [-0.05, 0) is 53.9 Å². The molecule has 1 saturated carbocycles. The van der Waals surface area contributed by atoms with Crippen molar-refractivity contribution in [3.05, 3.63) is 59.7 Å². The van der Waals surface area contributed by atoms with Crippen molar-refractivity contribution in [2.24, 2.45) is 5.92 Å². The fourth-order valence-electron chi connectivity index (χ4n) is 5.40. The van der Waals surface area contributed by atoms with Crippen LogP contribution in [0, 0.1) is 5.92 Å². The van der Waals surface area contributed by atoms with E-state index in [1.165, 1.54) is 0 Å². The molecule has 0 aromatic heterocycles. The lowest BCUT2D eigenvalue weighted by Crippen LogP contribution is -2.49. The molecule has 1 fully saturated rings. The zero-order valence-electron chi connectivity index (χ0n) is 20.2. The molecule has 0 unspecified atom stereocenters. The third-order valence-corrected chi connectivity index (χ3v) is 7.15. The highest BCUT2D eigenvalue weighted by Gasteiger charge is 2.31. The van der Waals surface area contributed by atoms with Crippen LogP contribution in [-0.2, 0) is 14.3 Å². The molecule has 2 aliphatic rings. The molecule has 7 nitrogen and oxygen atoms in total. The van der Waals surface area contributed by atoms with Gasteiger partial charge in [0, 0.05) is 18.4 Å². The largest absolute Gasteiger partial charge is 0.481 e. The first-order valence-electron chi connectivity index (χ1n) is 12.6. The number of unbranched alkanes of at least 4 members (excludes halogenated alkanes) is 1. The summed E-state index contributed by atoms with van der Waals surface area (Å²) in [6.07, 6.45) is 3.96. The molecule has 186 valence electrons. The lowest BCUT2D eigenvalue weighted by molar-refractivity contribution is -0.138. The number of carboxylic acid groups (broad SMARTS) is 1. The van der Waals surface area contributed by atoms with Gasteiger partial charge in [0.2, 0.25) is 5.91 Å². The number of hydrogen-bond acceptors (Lipinski definition) is 4. The number of nitrogens with one attached hydrogen (secondary N) is 2. The van der Waals surface area contributed by atoms with E-state index in [-0.39, 0.29) is 36.8 Å². The Labute approximate surface area is 206 Å². The van der Waals surface area contributed by atoms with Gasteiger partial charge in [-0.3, -0.25) is 9.59 Å². The van der Waals surface area contributed by atoms with Crippen LogP contribution >= 0.6 is 0 Å². The van der Waals surface area contributed by atoms with E-state index in [2.05, 4.69) is 34.9 Å². The Morgan fingerprint density at radius 3 is 2.31 bits per heavy atom. The van der Waals surface area contributed by atoms with Gasteiger partial charge in [-0.1, -0.05) is 68.3 Å². The lowest BCUT2D eigenvalue weighted by Gasteiger charge is -2.22. The van der Waals surface area contributed by atoms with Gasteiger partial charge in [0.05, 0.1) is 0 Å². The number of aliphatic carboxylic acids is 1. The fourth-order valence-corrected chi connectivity index (χ4v) is 5.40. The zero-order valence-corrected chi connectivity index (χ0v) is 20.2. The van der Waals surface area contributed by atoms with Crippen molar-refractivity contribution in [3.8, 4) is 11.1 Å². The molecule has 35 heavy (non-hydrogen) atoms. The minimum Gasteiger partial charge on any atom is -0.481 e. The summed E-state index contributed by atoms with van der Waals surface area (Å²) in [4.78, 5) is 36.7. The Morgan fingerprint density at radius 2 is 1.69 bits per heavy atom. The van der Waals surface area contributed by atoms with E-state index in [1.54, 1.807) is 0 Å². The van der Waals surface area contributed by atoms with Gasteiger partial charge in [-0.2, -0.15) is 0 Å². The number of alkyl carbamates (subject to hydrolysis) is 1. The van der Waals surface area contributed by atoms with Crippen molar-refractivity contribution >= 4 is 18.0 Å². The normalized spacial score (nSPS) is 19.5. The summed E-state index contributed by atoms with van der Waals surface area (Å²) in [5, 5.41) is 14.8. The Kier molecular flexibility index (Phi) is 8.06. The maximum Gasteiger partial charge on any atom is 0.407 e. The monoisotopic (exact) mass is 478 g/mol. The SMILES string of the molecule is CCCC[C@H](NC(=O)OCC1c2ccccc2-c2ccccc21)C(=O)N[C@@H]1CC[C@H](CC(=O)O)C1. The number of carbonyl (C=O) groups excluding carboxylic acids is 2. The first kappa shape index (κ1) is 24.8. The van der Waals surface area contributed by atoms with Crippen LogP contribution in [0.25, 0.3) is 11.1 Å². The number of fused-ring (bicyclic) bond motifs is 3. The summed E-state index contributed by atoms with van der Waals surface area (Å²) in [6.45, 7) is 2.23. The van der Waals surface area contributed by atoms with E-state index in [0.717, 1.165) is 47.9 Å². The third kappa shape index (κ3) is 6.02. The van der Waals surface area contributed by atoms with E-state index in [4.69, 9.17) is 9.84 Å². The molecule has 0 radical (unpaired) electrons. The quantitative estimate of drug-likeness (QED) is 0.453. The maximum atomic E-state index is 13.0. The second-order valence-electron chi connectivity index (χ2n) is 9.65. The summed E-state index contributed by atoms with van der Waals surface area (Å²) in [5.74, 6) is -0.990. The minimum atomic E-state index is -0.806. The van der Waals surface area contributed by atoms with Crippen molar-refractivity contribution in [2.45, 2.75) is 69.9 Å². The Bertz CT molecular complexity index is 1020. The molecule has 2 aromatic rings. The van der Waals surface area contributed by atoms with Gasteiger partial charge in [0.15, 0.2) is 0 Å². The van der Waals surface area contributed by atoms with Crippen LogP contribution < -0.4 is 10.6 Å².